The Hall–Kier alpha value is -2.50. The third-order valence-corrected chi connectivity index (χ3v) is 8.22. The molecule has 10 nitrogen and oxygen atoms in total. The molecule has 0 aliphatic carbocycles. The normalized spacial score (nSPS) is 22.7. The van der Waals surface area contributed by atoms with Gasteiger partial charge in [0.25, 0.3) is 0 Å². The molecule has 0 aromatic carbocycles. The fourth-order valence-electron chi connectivity index (χ4n) is 4.57. The van der Waals surface area contributed by atoms with E-state index >= 15 is 0 Å². The van der Waals surface area contributed by atoms with Crippen LogP contribution < -0.4 is 4.90 Å². The van der Waals surface area contributed by atoms with Crippen molar-refractivity contribution in [3.8, 4) is 5.82 Å². The number of sulfonamides is 1. The van der Waals surface area contributed by atoms with Gasteiger partial charge in [-0.1, -0.05) is 0 Å². The van der Waals surface area contributed by atoms with Crippen LogP contribution in [0.5, 0.6) is 0 Å². The Bertz CT molecular complexity index is 1210. The summed E-state index contributed by atoms with van der Waals surface area (Å²) < 4.78 is 34.7. The number of nitrogens with one attached hydrogen (secondary N) is 1. The molecule has 2 aliphatic rings. The molecular formula is C20H27N7O3S. The van der Waals surface area contributed by atoms with Crippen molar-refractivity contribution in [2.45, 2.75) is 39.3 Å². The van der Waals surface area contributed by atoms with Gasteiger partial charge in [-0.2, -0.15) is 19.2 Å². The van der Waals surface area contributed by atoms with Crippen LogP contribution in [-0.4, -0.2) is 75.8 Å². The molecule has 0 spiro atoms. The van der Waals surface area contributed by atoms with E-state index in [4.69, 9.17) is 14.8 Å². The van der Waals surface area contributed by atoms with E-state index in [0.717, 1.165) is 34.8 Å². The number of morpholine rings is 1. The van der Waals surface area contributed by atoms with Gasteiger partial charge in [0.15, 0.2) is 11.5 Å². The highest BCUT2D eigenvalue weighted by atomic mass is 32.2. The van der Waals surface area contributed by atoms with Crippen LogP contribution >= 0.6 is 0 Å². The summed E-state index contributed by atoms with van der Waals surface area (Å²) in [7, 11) is -3.36. The number of aromatic amines is 1. The summed E-state index contributed by atoms with van der Waals surface area (Å²) in [6, 6.07) is 3.75. The molecule has 31 heavy (non-hydrogen) atoms. The zero-order valence-electron chi connectivity index (χ0n) is 17.9. The van der Waals surface area contributed by atoms with Crippen LogP contribution in [0.4, 0.5) is 5.82 Å². The SMILES string of the molecule is CCS(=O)(=O)N1CCc2nn(-c3ccn[nH]3)c3nc(N4CCOC[C@H]4C)cc(c23)C1C. The first-order valence-electron chi connectivity index (χ1n) is 10.7. The average Bonchev–Trinajstić information content (AvgIpc) is 3.38. The standard InChI is InChI=1S/C20H27N7O3S/c1-4-31(28,29)26-8-6-16-19-15(14(26)3)11-18(25-9-10-30-12-13(25)2)22-20(19)27(24-16)17-5-7-21-23-17/h5,7,11,13-14H,4,6,8-10,12H2,1-3H3,(H,21,23)/t13-,14?/m1/s1. The maximum absolute atomic E-state index is 12.8. The maximum atomic E-state index is 12.8. The van der Waals surface area contributed by atoms with Crippen LogP contribution in [0.3, 0.4) is 0 Å². The zero-order chi connectivity index (χ0) is 21.8. The van der Waals surface area contributed by atoms with E-state index in [0.29, 0.717) is 31.8 Å². The van der Waals surface area contributed by atoms with E-state index in [1.807, 2.05) is 19.1 Å². The number of anilines is 1. The van der Waals surface area contributed by atoms with Crippen LogP contribution in [-0.2, 0) is 21.2 Å². The highest BCUT2D eigenvalue weighted by Crippen LogP contribution is 2.38. The van der Waals surface area contributed by atoms with Crippen LogP contribution in [0.2, 0.25) is 0 Å². The number of hydrogen-bond acceptors (Lipinski definition) is 7. The van der Waals surface area contributed by atoms with E-state index in [2.05, 4.69) is 22.0 Å². The van der Waals surface area contributed by atoms with E-state index in [1.165, 1.54) is 0 Å². The second-order valence-electron chi connectivity index (χ2n) is 8.12. The molecule has 1 fully saturated rings. The monoisotopic (exact) mass is 445 g/mol. The minimum atomic E-state index is -3.36. The van der Waals surface area contributed by atoms with Crippen molar-refractivity contribution in [1.82, 2.24) is 29.3 Å². The van der Waals surface area contributed by atoms with Crippen molar-refractivity contribution in [1.29, 1.82) is 0 Å². The first kappa shape index (κ1) is 20.4. The molecule has 2 aliphatic heterocycles. The van der Waals surface area contributed by atoms with Crippen molar-refractivity contribution in [3.05, 3.63) is 29.6 Å². The minimum absolute atomic E-state index is 0.0741. The van der Waals surface area contributed by atoms with E-state index in [9.17, 15) is 8.42 Å². The number of pyridine rings is 1. The van der Waals surface area contributed by atoms with Gasteiger partial charge in [0.1, 0.15) is 5.82 Å². The number of nitrogens with zero attached hydrogens (tertiary/aromatic N) is 6. The molecule has 11 heteroatoms. The molecule has 1 N–H and O–H groups in total. The molecule has 3 aromatic heterocycles. The Morgan fingerprint density at radius 1 is 1.29 bits per heavy atom. The highest BCUT2D eigenvalue weighted by Gasteiger charge is 2.34. The van der Waals surface area contributed by atoms with Crippen LogP contribution in [0.1, 0.15) is 38.1 Å². The molecule has 0 bridgehead atoms. The lowest BCUT2D eigenvalue weighted by atomic mass is 10.0. The molecule has 1 saturated heterocycles. The van der Waals surface area contributed by atoms with Crippen LogP contribution in [0.25, 0.3) is 16.9 Å². The van der Waals surface area contributed by atoms with Crippen LogP contribution in [0.15, 0.2) is 18.3 Å². The smallest absolute Gasteiger partial charge is 0.214 e. The van der Waals surface area contributed by atoms with Gasteiger partial charge in [-0.15, -0.1) is 0 Å². The molecule has 0 radical (unpaired) electrons. The number of H-pyrrole nitrogens is 1. The average molecular weight is 446 g/mol. The number of hydrogen-bond donors (Lipinski definition) is 1. The number of rotatable bonds is 4. The van der Waals surface area contributed by atoms with Gasteiger partial charge < -0.3 is 9.64 Å². The Morgan fingerprint density at radius 2 is 2.13 bits per heavy atom. The Labute approximate surface area is 181 Å². The van der Waals surface area contributed by atoms with Gasteiger partial charge in [-0.25, -0.2) is 13.4 Å². The molecule has 2 atom stereocenters. The van der Waals surface area contributed by atoms with Gasteiger partial charge in [0.05, 0.1) is 36.9 Å². The van der Waals surface area contributed by atoms with Gasteiger partial charge in [-0.3, -0.25) is 5.10 Å². The van der Waals surface area contributed by atoms with Gasteiger partial charge in [-0.05, 0) is 32.4 Å². The number of aromatic nitrogens is 5. The van der Waals surface area contributed by atoms with Crippen molar-refractivity contribution < 1.29 is 13.2 Å². The largest absolute Gasteiger partial charge is 0.377 e. The molecule has 5 heterocycles. The van der Waals surface area contributed by atoms with E-state index < -0.39 is 10.0 Å². The molecule has 3 aromatic rings. The van der Waals surface area contributed by atoms with Gasteiger partial charge in [0.2, 0.25) is 10.0 Å². The minimum Gasteiger partial charge on any atom is -0.377 e. The van der Waals surface area contributed by atoms with E-state index in [1.54, 1.807) is 22.1 Å². The van der Waals surface area contributed by atoms with Gasteiger partial charge in [0, 0.05) is 37.0 Å². The predicted molar refractivity (Wildman–Crippen MR) is 117 cm³/mol. The summed E-state index contributed by atoms with van der Waals surface area (Å²) in [6.45, 7) is 8.14. The highest BCUT2D eigenvalue weighted by molar-refractivity contribution is 7.89. The summed E-state index contributed by atoms with van der Waals surface area (Å²) in [6.07, 6.45) is 2.21. The lowest BCUT2D eigenvalue weighted by molar-refractivity contribution is 0.0985. The third kappa shape index (κ3) is 3.31. The quantitative estimate of drug-likeness (QED) is 0.650. The summed E-state index contributed by atoms with van der Waals surface area (Å²) in [5, 5.41) is 12.8. The first-order valence-corrected chi connectivity index (χ1v) is 12.3. The maximum Gasteiger partial charge on any atom is 0.214 e. The Kier molecular flexibility index (Phi) is 4.98. The van der Waals surface area contributed by atoms with Crippen molar-refractivity contribution >= 4 is 26.9 Å². The summed E-state index contributed by atoms with van der Waals surface area (Å²) in [5.74, 6) is 1.62. The van der Waals surface area contributed by atoms with Crippen LogP contribution in [0, 0.1) is 0 Å². The summed E-state index contributed by atoms with van der Waals surface area (Å²) in [5.41, 5.74) is 2.51. The van der Waals surface area contributed by atoms with E-state index in [-0.39, 0.29) is 17.8 Å². The topological polar surface area (TPSA) is 109 Å². The van der Waals surface area contributed by atoms with Crippen molar-refractivity contribution in [2.24, 2.45) is 0 Å². The zero-order valence-corrected chi connectivity index (χ0v) is 18.8. The molecule has 0 amide bonds. The second-order valence-corrected chi connectivity index (χ2v) is 10.3. The summed E-state index contributed by atoms with van der Waals surface area (Å²) in [4.78, 5) is 7.23. The Balaban J connectivity index is 1.75. The fraction of sp³-hybridized carbons (Fsp3) is 0.550. The number of ether oxygens (including phenoxy) is 1. The molecule has 0 saturated carbocycles. The lowest BCUT2D eigenvalue weighted by Crippen LogP contribution is -2.44. The Morgan fingerprint density at radius 3 is 2.84 bits per heavy atom. The van der Waals surface area contributed by atoms with Crippen molar-refractivity contribution in [2.75, 3.05) is 37.0 Å². The molecule has 166 valence electrons. The lowest BCUT2D eigenvalue weighted by Gasteiger charge is -2.35. The molecular weight excluding hydrogens is 418 g/mol. The van der Waals surface area contributed by atoms with Gasteiger partial charge >= 0.3 is 0 Å². The first-order chi connectivity index (χ1) is 14.9. The molecule has 5 rings (SSSR count). The van der Waals surface area contributed by atoms with Crippen molar-refractivity contribution in [3.63, 3.8) is 0 Å². The third-order valence-electron chi connectivity index (χ3n) is 6.28. The predicted octanol–water partition coefficient (Wildman–Crippen LogP) is 1.64. The summed E-state index contributed by atoms with van der Waals surface area (Å²) >= 11 is 0. The second kappa shape index (κ2) is 7.57. The fourth-order valence-corrected chi connectivity index (χ4v) is 5.86. The molecule has 1 unspecified atom stereocenters.